The molecule has 4 saturated heterocycles. The van der Waals surface area contributed by atoms with Gasteiger partial charge in [0, 0.05) is 141 Å². The summed E-state index contributed by atoms with van der Waals surface area (Å²) in [7, 11) is 3.51. The van der Waals surface area contributed by atoms with E-state index in [1.54, 1.807) is 85.5 Å². The molecule has 4 amide bonds. The summed E-state index contributed by atoms with van der Waals surface area (Å²) >= 11 is 50.6. The molecule has 4 fully saturated rings. The molecule has 0 unspecified atom stereocenters. The minimum atomic E-state index is -0.248. The summed E-state index contributed by atoms with van der Waals surface area (Å²) in [5.74, 6) is 2.91. The molecule has 0 radical (unpaired) electrons. The summed E-state index contributed by atoms with van der Waals surface area (Å²) in [4.78, 5) is 76.6. The van der Waals surface area contributed by atoms with Crippen molar-refractivity contribution in [2.75, 3.05) is 52.4 Å². The smallest absolute Gasteiger partial charge is 0.286 e. The first-order valence-electron chi connectivity index (χ1n) is 43.7. The van der Waals surface area contributed by atoms with E-state index in [0.29, 0.717) is 154 Å². The number of halogens is 8. The van der Waals surface area contributed by atoms with Crippen LogP contribution in [0.1, 0.15) is 142 Å². The first-order valence-corrected chi connectivity index (χ1v) is 46.8. The average molecular weight is 1970 g/mol. The molecule has 0 atom stereocenters. The van der Waals surface area contributed by atoms with Crippen LogP contribution in [0.2, 0.25) is 40.2 Å². The highest BCUT2D eigenvalue weighted by molar-refractivity contribution is 6.38. The lowest BCUT2D eigenvalue weighted by atomic mass is 10.1. The van der Waals surface area contributed by atoms with Crippen molar-refractivity contribution >= 4 is 122 Å². The Morgan fingerprint density at radius 2 is 0.644 bits per heavy atom. The fourth-order valence-corrected chi connectivity index (χ4v) is 18.4. The lowest BCUT2D eigenvalue weighted by Gasteiger charge is -2.26. The standard InChI is InChI=1S/2C24H24Cl2N8O.C23H22Cl2N8O.C23H21Cl2N5O/c1-15-21(24(35)29-33-12-4-3-5-13-33)27-23(19-11-8-17(25)14-20(19)26)34(15)18-9-6-16(7-10-18)22-28-30-31-32(22)2;1-15-21(24(35)30-33-12-4-3-5-13-33)27-23(19-11-8-17(25)14-20(19)26)34(15)18-9-6-16(7-10-18)22-28-31-32(2)29-22;1-14-20(23(34)29-32-11-3-2-4-12-32)26-22(18-10-7-16(24)13-19(18)25)33(14)17-8-5-15(6-9-17)21-27-30-31-28-21;1-15-21(23(31)28-29-12-4-3-5-13-29)27-22(19-11-6-16(24)14-20(19)25)30(15)18-9-7-17(26-2)8-10-18/h6-11,14H,3-5,12-13H2,1-2H3,(H,29,35);6-11,14H,3-5,12-13H2,1-2H3,(H,30,35);5-10,13H,2-4,11-12H2,1H3,(H,29,34)(H,27,28,30,31);6-11,14H,3-5,12-13H2,1H3,(H,28,31). The number of piperidine rings is 4. The van der Waals surface area contributed by atoms with E-state index in [1.165, 1.54) is 30.5 Å². The van der Waals surface area contributed by atoms with Gasteiger partial charge in [0.15, 0.2) is 34.3 Å². The van der Waals surface area contributed by atoms with Gasteiger partial charge in [-0.2, -0.15) is 10.0 Å². The van der Waals surface area contributed by atoms with E-state index in [2.05, 4.69) is 78.1 Å². The summed E-state index contributed by atoms with van der Waals surface area (Å²) in [6.45, 7) is 21.3. The van der Waals surface area contributed by atoms with Gasteiger partial charge in [-0.3, -0.25) is 59.1 Å². The zero-order valence-electron chi connectivity index (χ0n) is 74.2. The van der Waals surface area contributed by atoms with Crippen LogP contribution in [-0.4, -0.2) is 195 Å². The first-order chi connectivity index (χ1) is 65.3. The van der Waals surface area contributed by atoms with Crippen LogP contribution in [0.5, 0.6) is 0 Å². The highest BCUT2D eigenvalue weighted by Gasteiger charge is 2.32. The second kappa shape index (κ2) is 43.3. The summed E-state index contributed by atoms with van der Waals surface area (Å²) in [6.07, 6.45) is 13.2. The molecule has 8 aromatic carbocycles. The van der Waals surface area contributed by atoms with E-state index in [4.69, 9.17) is 119 Å². The van der Waals surface area contributed by atoms with Gasteiger partial charge in [0.05, 0.1) is 56.5 Å². The van der Waals surface area contributed by atoms with Gasteiger partial charge >= 0.3 is 0 Å². The van der Waals surface area contributed by atoms with Crippen molar-refractivity contribution in [1.82, 2.24) is 141 Å². The van der Waals surface area contributed by atoms with Crippen LogP contribution >= 0.6 is 92.8 Å². The molecular weight excluding hydrogens is 1880 g/mol. The first kappa shape index (κ1) is 95.5. The fourth-order valence-electron chi connectivity index (χ4n) is 16.5. The third-order valence-electron chi connectivity index (χ3n) is 23.3. The number of tetrazole rings is 3. The van der Waals surface area contributed by atoms with Crippen LogP contribution in [0.25, 0.3) is 107 Å². The number of benzene rings is 8. The number of aromatic amines is 1. The molecule has 41 heteroatoms. The molecule has 0 spiro atoms. The number of nitrogens with one attached hydrogen (secondary N) is 5. The normalized spacial score (nSPS) is 14.3. The van der Waals surface area contributed by atoms with Crippen molar-refractivity contribution < 1.29 is 19.2 Å². The van der Waals surface area contributed by atoms with Crippen molar-refractivity contribution in [3.8, 4) is 102 Å². The number of amides is 4. The Balaban J connectivity index is 0.000000131. The van der Waals surface area contributed by atoms with Crippen molar-refractivity contribution in [2.45, 2.75) is 105 Å². The van der Waals surface area contributed by atoms with E-state index in [1.807, 2.05) is 169 Å². The molecule has 4 aliphatic heterocycles. The molecule has 15 aromatic rings. The molecule has 135 heavy (non-hydrogen) atoms. The number of nitrogens with zero attached hydrogens (tertiary/aromatic N) is 24. The highest BCUT2D eigenvalue weighted by Crippen LogP contribution is 2.40. The summed E-state index contributed by atoms with van der Waals surface area (Å²) in [5.41, 5.74) is 25.2. The van der Waals surface area contributed by atoms with Gasteiger partial charge in [-0.1, -0.05) is 131 Å². The van der Waals surface area contributed by atoms with Gasteiger partial charge in [-0.25, -0.2) is 49.5 Å². The van der Waals surface area contributed by atoms with Crippen molar-refractivity contribution in [1.29, 1.82) is 0 Å². The predicted octanol–water partition coefficient (Wildman–Crippen LogP) is 19.3. The van der Waals surface area contributed by atoms with E-state index in [-0.39, 0.29) is 23.6 Å². The van der Waals surface area contributed by atoms with Crippen molar-refractivity contribution in [3.63, 3.8) is 0 Å². The van der Waals surface area contributed by atoms with Crippen molar-refractivity contribution in [3.05, 3.63) is 267 Å². The minimum absolute atomic E-state index is 0.240. The SMILES string of the molecule is Cc1c(C(=O)NN2CCCCC2)nc(-c2ccc(Cl)cc2Cl)n1-c1ccc(-c2nn[nH]n2)cc1.Cc1c(C(=O)NN2CCCCC2)nc(-c2ccc(Cl)cc2Cl)n1-c1ccc(-c2nnn(C)n2)cc1.Cc1c(C(=O)NN2CCCCC2)nc(-c2ccc(Cl)cc2Cl)n1-c1ccc(-c2nnnn2C)cc1.[C-]#[N+]c1ccc(-n2c(-c3ccc(Cl)cc3Cl)nc(C(=O)NN3CCCCC3)c2C)cc1. The Morgan fingerprint density at radius 3 is 0.904 bits per heavy atom. The Bertz CT molecular complexity index is 6840. The maximum absolute atomic E-state index is 13.2. The number of aryl methyl sites for hydroxylation is 2. The monoisotopic (exact) mass is 1970 g/mol. The van der Waals surface area contributed by atoms with E-state index >= 15 is 0 Å². The fraction of sp³-hybridized carbons (Fsp3) is 0.277. The third kappa shape index (κ3) is 22.1. The Morgan fingerprint density at radius 1 is 0.348 bits per heavy atom. The minimum Gasteiger partial charge on any atom is -0.296 e. The zero-order chi connectivity index (χ0) is 94.7. The maximum Gasteiger partial charge on any atom is 0.286 e. The molecule has 11 heterocycles. The largest absolute Gasteiger partial charge is 0.296 e. The molecule has 19 rings (SSSR count). The van der Waals surface area contributed by atoms with E-state index < -0.39 is 0 Å². The number of carbonyl (C=O) groups is 4. The Labute approximate surface area is 817 Å². The molecule has 0 saturated carbocycles. The average Bonchev–Trinajstić information content (AvgIpc) is 1.64. The molecule has 692 valence electrons. The number of imidazole rings is 4. The zero-order valence-corrected chi connectivity index (χ0v) is 80.2. The van der Waals surface area contributed by atoms with Crippen molar-refractivity contribution in [2.24, 2.45) is 14.1 Å². The topological polar surface area (TPSA) is 347 Å². The van der Waals surface area contributed by atoms with Crippen LogP contribution in [0.4, 0.5) is 5.69 Å². The van der Waals surface area contributed by atoms with Crippen LogP contribution in [-0.2, 0) is 14.1 Å². The molecule has 7 aromatic heterocycles. The third-order valence-corrected chi connectivity index (χ3v) is 25.5. The van der Waals surface area contributed by atoms with Crippen LogP contribution < -0.4 is 21.7 Å². The molecule has 0 bridgehead atoms. The van der Waals surface area contributed by atoms with Crippen LogP contribution in [0.3, 0.4) is 0 Å². The number of aromatic nitrogens is 20. The van der Waals surface area contributed by atoms with Gasteiger partial charge in [0.1, 0.15) is 23.3 Å². The summed E-state index contributed by atoms with van der Waals surface area (Å²) < 4.78 is 9.26. The molecule has 4 aliphatic rings. The Hall–Kier alpha value is -12.7. The number of hydrazine groups is 4. The molecule has 0 aliphatic carbocycles. The number of rotatable bonds is 19. The van der Waals surface area contributed by atoms with Gasteiger partial charge in [0.2, 0.25) is 11.6 Å². The second-order valence-electron chi connectivity index (χ2n) is 32.5. The quantitative estimate of drug-likeness (QED) is 0.0469. The number of hydrogen-bond acceptors (Lipinski definition) is 21. The number of hydrogen-bond donors (Lipinski definition) is 5. The second-order valence-corrected chi connectivity index (χ2v) is 35.9. The summed E-state index contributed by atoms with van der Waals surface area (Å²) in [6, 6.07) is 51.1. The lowest BCUT2D eigenvalue weighted by molar-refractivity contribution is 0.0737. The predicted molar refractivity (Wildman–Crippen MR) is 522 cm³/mol. The van der Waals surface area contributed by atoms with Gasteiger partial charge in [-0.15, -0.1) is 25.5 Å². The van der Waals surface area contributed by atoms with E-state index in [9.17, 15) is 19.2 Å². The summed E-state index contributed by atoms with van der Waals surface area (Å²) in [5, 5.41) is 49.7. The molecular formula is C94H91Cl8N29O4. The maximum atomic E-state index is 13.2. The van der Waals surface area contributed by atoms with Crippen LogP contribution in [0, 0.1) is 34.3 Å². The van der Waals surface area contributed by atoms with Gasteiger partial charge < -0.3 is 0 Å². The number of carbonyl (C=O) groups excluding carboxylic acids is 4. The number of H-pyrrole nitrogens is 1. The molecule has 33 nitrogen and oxygen atoms in total. The van der Waals surface area contributed by atoms with E-state index in [0.717, 1.165) is 143 Å². The Kier molecular flexibility index (Phi) is 30.7. The van der Waals surface area contributed by atoms with Gasteiger partial charge in [-0.05, 0) is 258 Å². The molecule has 5 N–H and O–H groups in total. The lowest BCUT2D eigenvalue weighted by Crippen LogP contribution is -2.45. The van der Waals surface area contributed by atoms with Crippen LogP contribution in [0.15, 0.2) is 170 Å². The highest BCUT2D eigenvalue weighted by atomic mass is 35.5. The van der Waals surface area contributed by atoms with Gasteiger partial charge in [0.25, 0.3) is 23.6 Å².